The number of nitrogens with one attached hydrogen (secondary N) is 1. The Balaban J connectivity index is 3.22. The minimum atomic E-state index is -3.46. The Kier molecular flexibility index (Phi) is 6.84. The van der Waals surface area contributed by atoms with Gasteiger partial charge in [0.25, 0.3) is 0 Å². The average molecular weight is 377 g/mol. The Morgan fingerprint density at radius 1 is 1.33 bits per heavy atom. The molecule has 1 aromatic carbocycles. The normalized spacial score (nSPS) is 12.4. The molecule has 0 heterocycles. The number of aryl methyl sites for hydroxylation is 1. The first-order valence-corrected chi connectivity index (χ1v) is 9.42. The summed E-state index contributed by atoms with van der Waals surface area (Å²) in [4.78, 5) is 0.346. The molecule has 0 aromatic heterocycles. The summed E-state index contributed by atoms with van der Waals surface area (Å²) < 4.78 is 27.4. The molecule has 1 rings (SSSR count). The van der Waals surface area contributed by atoms with E-state index in [-0.39, 0.29) is 0 Å². The first-order chi connectivity index (χ1) is 9.70. The van der Waals surface area contributed by atoms with Crippen molar-refractivity contribution in [1.82, 2.24) is 9.62 Å². The van der Waals surface area contributed by atoms with E-state index in [1.807, 2.05) is 19.9 Å². The maximum atomic E-state index is 12.7. The Morgan fingerprint density at radius 3 is 2.48 bits per heavy atom. The van der Waals surface area contributed by atoms with Crippen LogP contribution in [0.5, 0.6) is 0 Å². The van der Waals surface area contributed by atoms with Crippen LogP contribution in [0.3, 0.4) is 0 Å². The largest absolute Gasteiger partial charge is 0.310 e. The lowest BCUT2D eigenvalue weighted by molar-refractivity contribution is 0.468. The molecule has 0 aliphatic rings. The van der Waals surface area contributed by atoms with E-state index in [1.54, 1.807) is 13.1 Å². The van der Waals surface area contributed by atoms with Crippen molar-refractivity contribution >= 4 is 26.0 Å². The van der Waals surface area contributed by atoms with Gasteiger partial charge in [-0.3, -0.25) is 0 Å². The lowest BCUT2D eigenvalue weighted by Crippen LogP contribution is -2.28. The molecular formula is C15H25BrN2O2S. The number of halogens is 1. The highest BCUT2D eigenvalue weighted by Gasteiger charge is 2.24. The number of benzene rings is 1. The maximum absolute atomic E-state index is 12.7. The number of sulfonamides is 1. The predicted molar refractivity (Wildman–Crippen MR) is 91.0 cm³/mol. The van der Waals surface area contributed by atoms with Crippen LogP contribution in [0.2, 0.25) is 0 Å². The van der Waals surface area contributed by atoms with Crippen molar-refractivity contribution in [3.05, 3.63) is 27.7 Å². The number of nitrogens with zero attached hydrogens (tertiary/aromatic N) is 1. The third-order valence-electron chi connectivity index (χ3n) is 3.22. The number of rotatable bonds is 7. The molecule has 0 aliphatic heterocycles. The first-order valence-electron chi connectivity index (χ1n) is 7.18. The predicted octanol–water partition coefficient (Wildman–Crippen LogP) is 3.29. The zero-order chi connectivity index (χ0) is 16.2. The van der Waals surface area contributed by atoms with E-state index in [0.717, 1.165) is 17.5 Å². The third kappa shape index (κ3) is 4.77. The van der Waals surface area contributed by atoms with E-state index in [9.17, 15) is 8.42 Å². The Morgan fingerprint density at radius 2 is 1.95 bits per heavy atom. The molecule has 1 N–H and O–H groups in total. The lowest BCUT2D eigenvalue weighted by atomic mass is 10.1. The van der Waals surface area contributed by atoms with E-state index in [4.69, 9.17) is 0 Å². The molecule has 0 aliphatic carbocycles. The van der Waals surface area contributed by atoms with Gasteiger partial charge in [-0.1, -0.05) is 26.8 Å². The van der Waals surface area contributed by atoms with Crippen LogP contribution in [-0.2, 0) is 16.6 Å². The lowest BCUT2D eigenvalue weighted by Gasteiger charge is -2.19. The van der Waals surface area contributed by atoms with Gasteiger partial charge >= 0.3 is 0 Å². The topological polar surface area (TPSA) is 49.4 Å². The van der Waals surface area contributed by atoms with Crippen molar-refractivity contribution in [3.63, 3.8) is 0 Å². The summed E-state index contributed by atoms with van der Waals surface area (Å²) in [5.41, 5.74) is 1.91. The SMILES string of the molecule is CCCN(C)S(=O)(=O)c1cc(CNC(C)C)cc(C)c1Br. The highest BCUT2D eigenvalue weighted by atomic mass is 79.9. The second-order valence-electron chi connectivity index (χ2n) is 5.59. The second-order valence-corrected chi connectivity index (χ2v) is 8.39. The van der Waals surface area contributed by atoms with Gasteiger partial charge in [-0.25, -0.2) is 12.7 Å². The summed E-state index contributed by atoms with van der Waals surface area (Å²) in [5, 5.41) is 3.32. The van der Waals surface area contributed by atoms with Gasteiger partial charge in [0.1, 0.15) is 0 Å². The summed E-state index contributed by atoms with van der Waals surface area (Å²) in [5.74, 6) is 0. The van der Waals surface area contributed by atoms with Crippen LogP contribution in [0.1, 0.15) is 38.3 Å². The molecule has 6 heteroatoms. The molecule has 21 heavy (non-hydrogen) atoms. The summed E-state index contributed by atoms with van der Waals surface area (Å²) >= 11 is 3.42. The molecule has 120 valence electrons. The van der Waals surface area contributed by atoms with Crippen molar-refractivity contribution in [1.29, 1.82) is 0 Å². The van der Waals surface area contributed by atoms with Crippen LogP contribution in [0.4, 0.5) is 0 Å². The molecule has 1 aromatic rings. The van der Waals surface area contributed by atoms with Gasteiger partial charge in [0, 0.05) is 30.7 Å². The van der Waals surface area contributed by atoms with E-state index in [1.165, 1.54) is 4.31 Å². The highest BCUT2D eigenvalue weighted by molar-refractivity contribution is 9.10. The molecule has 0 radical (unpaired) electrons. The molecule has 0 amide bonds. The molecule has 0 unspecified atom stereocenters. The Labute approximate surface area is 137 Å². The second kappa shape index (κ2) is 7.72. The smallest absolute Gasteiger partial charge is 0.243 e. The zero-order valence-electron chi connectivity index (χ0n) is 13.4. The zero-order valence-corrected chi connectivity index (χ0v) is 15.8. The molecule has 0 bridgehead atoms. The molecule has 4 nitrogen and oxygen atoms in total. The van der Waals surface area contributed by atoms with E-state index in [2.05, 4.69) is 35.1 Å². The maximum Gasteiger partial charge on any atom is 0.243 e. The molecule has 0 atom stereocenters. The van der Waals surface area contributed by atoms with Gasteiger partial charge in [0.15, 0.2) is 0 Å². The molecule has 0 saturated heterocycles. The van der Waals surface area contributed by atoms with Crippen LogP contribution < -0.4 is 5.32 Å². The van der Waals surface area contributed by atoms with E-state index in [0.29, 0.717) is 28.5 Å². The van der Waals surface area contributed by atoms with E-state index >= 15 is 0 Å². The molecular weight excluding hydrogens is 352 g/mol. The summed E-state index contributed by atoms with van der Waals surface area (Å²) in [6.45, 7) is 9.20. The standard InChI is InChI=1S/C15H25BrN2O2S/c1-6-7-18(5)21(19,20)14-9-13(10-17-11(2)3)8-12(4)15(14)16/h8-9,11,17H,6-7,10H2,1-5H3. The summed E-state index contributed by atoms with van der Waals surface area (Å²) in [6, 6.07) is 4.13. The third-order valence-corrected chi connectivity index (χ3v) is 6.42. The fraction of sp³-hybridized carbons (Fsp3) is 0.600. The van der Waals surface area contributed by atoms with Crippen molar-refractivity contribution in [2.75, 3.05) is 13.6 Å². The monoisotopic (exact) mass is 376 g/mol. The number of hydrogen-bond acceptors (Lipinski definition) is 3. The van der Waals surface area contributed by atoms with Gasteiger partial charge in [-0.2, -0.15) is 0 Å². The van der Waals surface area contributed by atoms with Gasteiger partial charge in [-0.15, -0.1) is 0 Å². The van der Waals surface area contributed by atoms with Crippen LogP contribution in [0.15, 0.2) is 21.5 Å². The van der Waals surface area contributed by atoms with Crippen molar-refractivity contribution < 1.29 is 8.42 Å². The van der Waals surface area contributed by atoms with E-state index < -0.39 is 10.0 Å². The van der Waals surface area contributed by atoms with Crippen molar-refractivity contribution in [2.24, 2.45) is 0 Å². The van der Waals surface area contributed by atoms with Gasteiger partial charge < -0.3 is 5.32 Å². The first kappa shape index (κ1) is 18.6. The highest BCUT2D eigenvalue weighted by Crippen LogP contribution is 2.29. The Bertz CT molecular complexity index is 586. The number of hydrogen-bond donors (Lipinski definition) is 1. The van der Waals surface area contributed by atoms with Gasteiger partial charge in [0.2, 0.25) is 10.0 Å². The van der Waals surface area contributed by atoms with Gasteiger partial charge in [0.05, 0.1) is 4.90 Å². The molecule has 0 spiro atoms. The average Bonchev–Trinajstić information content (AvgIpc) is 2.39. The van der Waals surface area contributed by atoms with Crippen LogP contribution in [0, 0.1) is 6.92 Å². The van der Waals surface area contributed by atoms with Crippen LogP contribution in [0.25, 0.3) is 0 Å². The van der Waals surface area contributed by atoms with Crippen molar-refractivity contribution in [3.8, 4) is 0 Å². The van der Waals surface area contributed by atoms with Crippen LogP contribution in [-0.4, -0.2) is 32.4 Å². The Hall–Kier alpha value is -0.430. The van der Waals surface area contributed by atoms with Crippen molar-refractivity contribution in [2.45, 2.75) is 51.6 Å². The minimum absolute atomic E-state index is 0.346. The fourth-order valence-corrected chi connectivity index (χ4v) is 4.31. The van der Waals surface area contributed by atoms with Gasteiger partial charge in [-0.05, 0) is 46.5 Å². The summed E-state index contributed by atoms with van der Waals surface area (Å²) in [6.07, 6.45) is 0.793. The minimum Gasteiger partial charge on any atom is -0.310 e. The molecule has 0 saturated carbocycles. The van der Waals surface area contributed by atoms with Crippen LogP contribution >= 0.6 is 15.9 Å². The molecule has 0 fully saturated rings. The fourth-order valence-electron chi connectivity index (χ4n) is 2.02. The summed E-state index contributed by atoms with van der Waals surface area (Å²) in [7, 11) is -1.83. The quantitative estimate of drug-likeness (QED) is 0.793.